The van der Waals surface area contributed by atoms with Gasteiger partial charge in [-0.05, 0) is 23.8 Å². The molecule has 8 heteroatoms. The summed E-state index contributed by atoms with van der Waals surface area (Å²) in [5, 5.41) is 7.38. The molecule has 1 N–H and O–H groups in total. The number of benzene rings is 2. The minimum atomic E-state index is -4.39. The van der Waals surface area contributed by atoms with E-state index in [-0.39, 0.29) is 24.4 Å². The van der Waals surface area contributed by atoms with Crippen LogP contribution in [0.3, 0.4) is 0 Å². The summed E-state index contributed by atoms with van der Waals surface area (Å²) in [7, 11) is 1.56. The molecule has 0 bridgehead atoms. The molecule has 5 nitrogen and oxygen atoms in total. The topological polar surface area (TPSA) is 66.1 Å². The van der Waals surface area contributed by atoms with Gasteiger partial charge in [-0.1, -0.05) is 30.3 Å². The zero-order valence-electron chi connectivity index (χ0n) is 14.4. The van der Waals surface area contributed by atoms with E-state index in [2.05, 4.69) is 10.2 Å². The molecule has 1 heterocycles. The van der Waals surface area contributed by atoms with E-state index in [1.165, 1.54) is 17.0 Å². The fourth-order valence-electron chi connectivity index (χ4n) is 2.75. The number of nitrogens with one attached hydrogen (secondary N) is 1. The number of likely N-dealkylation sites (N-methyl/N-ethyl adjacent to an activating group) is 1. The average molecular weight is 375 g/mol. The van der Waals surface area contributed by atoms with Crippen molar-refractivity contribution in [3.8, 4) is 0 Å². The number of halogens is 3. The summed E-state index contributed by atoms with van der Waals surface area (Å²) in [5.74, 6) is -0.264. The Morgan fingerprint density at radius 2 is 1.70 bits per heavy atom. The summed E-state index contributed by atoms with van der Waals surface area (Å²) in [4.78, 5) is 25.7. The number of carbonyl (C=O) groups excluding carboxylic acids is 1. The normalized spacial score (nSPS) is 11.6. The quantitative estimate of drug-likeness (QED) is 0.762. The van der Waals surface area contributed by atoms with Gasteiger partial charge in [0.2, 0.25) is 5.91 Å². The van der Waals surface area contributed by atoms with Crippen molar-refractivity contribution in [2.24, 2.45) is 0 Å². The maximum atomic E-state index is 12.6. The lowest BCUT2D eigenvalue weighted by Gasteiger charge is -2.18. The molecule has 2 aromatic carbocycles. The zero-order valence-corrected chi connectivity index (χ0v) is 14.4. The first-order chi connectivity index (χ1) is 12.8. The van der Waals surface area contributed by atoms with Gasteiger partial charge in [0.1, 0.15) is 0 Å². The van der Waals surface area contributed by atoms with Crippen LogP contribution in [0.1, 0.15) is 16.8 Å². The average Bonchev–Trinajstić information content (AvgIpc) is 2.64. The molecule has 0 saturated heterocycles. The zero-order chi connectivity index (χ0) is 19.6. The van der Waals surface area contributed by atoms with Gasteiger partial charge >= 0.3 is 6.18 Å². The molecule has 3 aromatic rings. The van der Waals surface area contributed by atoms with Crippen molar-refractivity contribution in [2.45, 2.75) is 19.1 Å². The van der Waals surface area contributed by atoms with Gasteiger partial charge in [0.25, 0.3) is 5.56 Å². The highest BCUT2D eigenvalue weighted by Gasteiger charge is 2.30. The van der Waals surface area contributed by atoms with Crippen LogP contribution in [0.4, 0.5) is 13.2 Å². The number of hydrogen-bond acceptors (Lipinski definition) is 3. The Kier molecular flexibility index (Phi) is 4.98. The number of aromatic nitrogens is 2. The standard InChI is InChI=1S/C19H16F3N3O2/c1-25(11-12-6-8-13(9-7-12)19(20,21)22)17(26)10-16-14-4-2-3-5-15(14)18(27)24-23-16/h2-9H,10-11H2,1H3,(H,24,27). The Morgan fingerprint density at radius 3 is 2.33 bits per heavy atom. The molecular formula is C19H16F3N3O2. The van der Waals surface area contributed by atoms with E-state index in [9.17, 15) is 22.8 Å². The highest BCUT2D eigenvalue weighted by molar-refractivity contribution is 5.88. The highest BCUT2D eigenvalue weighted by atomic mass is 19.4. The monoisotopic (exact) mass is 375 g/mol. The Labute approximate surface area is 152 Å². The van der Waals surface area contributed by atoms with Crippen molar-refractivity contribution in [2.75, 3.05) is 7.05 Å². The number of nitrogens with zero attached hydrogens (tertiary/aromatic N) is 2. The number of amides is 1. The summed E-state index contributed by atoms with van der Waals surface area (Å²) in [6.45, 7) is 0.165. The van der Waals surface area contributed by atoms with Gasteiger partial charge in [0, 0.05) is 19.0 Å². The highest BCUT2D eigenvalue weighted by Crippen LogP contribution is 2.29. The SMILES string of the molecule is CN(Cc1ccc(C(F)(F)F)cc1)C(=O)Cc1n[nH]c(=O)c2ccccc12. The Hall–Kier alpha value is -3.16. The number of alkyl halides is 3. The van der Waals surface area contributed by atoms with E-state index in [0.29, 0.717) is 22.0 Å². The van der Waals surface area contributed by atoms with Gasteiger partial charge in [-0.2, -0.15) is 18.3 Å². The van der Waals surface area contributed by atoms with Gasteiger partial charge in [-0.15, -0.1) is 0 Å². The maximum Gasteiger partial charge on any atom is 0.416 e. The number of carbonyl (C=O) groups is 1. The number of aromatic amines is 1. The van der Waals surface area contributed by atoms with Gasteiger partial charge < -0.3 is 4.90 Å². The molecule has 0 fully saturated rings. The fourth-order valence-corrected chi connectivity index (χ4v) is 2.75. The lowest BCUT2D eigenvalue weighted by atomic mass is 10.1. The summed E-state index contributed by atoms with van der Waals surface area (Å²) in [6.07, 6.45) is -4.42. The predicted octanol–water partition coefficient (Wildman–Crippen LogP) is 3.14. The summed E-state index contributed by atoms with van der Waals surface area (Å²) < 4.78 is 37.8. The molecule has 1 amide bonds. The van der Waals surface area contributed by atoms with Gasteiger partial charge in [0.15, 0.2) is 0 Å². The number of fused-ring (bicyclic) bond motifs is 1. The third-order valence-electron chi connectivity index (χ3n) is 4.22. The summed E-state index contributed by atoms with van der Waals surface area (Å²) >= 11 is 0. The minimum Gasteiger partial charge on any atom is -0.341 e. The van der Waals surface area contributed by atoms with Crippen molar-refractivity contribution in [1.29, 1.82) is 0 Å². The Balaban J connectivity index is 1.73. The molecule has 0 aliphatic rings. The third kappa shape index (κ3) is 4.16. The van der Waals surface area contributed by atoms with Crippen LogP contribution in [0, 0.1) is 0 Å². The van der Waals surface area contributed by atoms with Crippen LogP contribution in [0.2, 0.25) is 0 Å². The first-order valence-corrected chi connectivity index (χ1v) is 8.12. The molecule has 0 aliphatic heterocycles. The van der Waals surface area contributed by atoms with E-state index in [4.69, 9.17) is 0 Å². The third-order valence-corrected chi connectivity index (χ3v) is 4.22. The van der Waals surface area contributed by atoms with E-state index >= 15 is 0 Å². The maximum absolute atomic E-state index is 12.6. The molecule has 0 atom stereocenters. The molecule has 0 radical (unpaired) electrons. The fraction of sp³-hybridized carbons (Fsp3) is 0.211. The van der Waals surface area contributed by atoms with E-state index in [0.717, 1.165) is 12.1 Å². The van der Waals surface area contributed by atoms with Crippen molar-refractivity contribution in [1.82, 2.24) is 15.1 Å². The summed E-state index contributed by atoms with van der Waals surface area (Å²) in [6, 6.07) is 11.5. The molecule has 27 heavy (non-hydrogen) atoms. The van der Waals surface area contributed by atoms with Crippen LogP contribution in [0.15, 0.2) is 53.3 Å². The number of hydrogen-bond donors (Lipinski definition) is 1. The van der Waals surface area contributed by atoms with Gasteiger partial charge in [-0.3, -0.25) is 9.59 Å². The van der Waals surface area contributed by atoms with E-state index in [1.807, 2.05) is 0 Å². The molecular weight excluding hydrogens is 359 g/mol. The van der Waals surface area contributed by atoms with Crippen LogP contribution in [-0.2, 0) is 23.9 Å². The molecule has 0 unspecified atom stereocenters. The first kappa shape index (κ1) is 18.6. The minimum absolute atomic E-state index is 0.0333. The number of H-pyrrole nitrogens is 1. The van der Waals surface area contributed by atoms with E-state index in [1.54, 1.807) is 31.3 Å². The van der Waals surface area contributed by atoms with E-state index < -0.39 is 11.7 Å². The van der Waals surface area contributed by atoms with Crippen LogP contribution < -0.4 is 5.56 Å². The second-order valence-corrected chi connectivity index (χ2v) is 6.17. The second-order valence-electron chi connectivity index (χ2n) is 6.17. The smallest absolute Gasteiger partial charge is 0.341 e. The van der Waals surface area contributed by atoms with Gasteiger partial charge in [0.05, 0.1) is 23.1 Å². The molecule has 0 aliphatic carbocycles. The summed E-state index contributed by atoms with van der Waals surface area (Å²) in [5.41, 5.74) is -0.0448. The Morgan fingerprint density at radius 1 is 1.07 bits per heavy atom. The molecule has 3 rings (SSSR count). The van der Waals surface area contributed by atoms with Crippen molar-refractivity contribution >= 4 is 16.7 Å². The first-order valence-electron chi connectivity index (χ1n) is 8.12. The largest absolute Gasteiger partial charge is 0.416 e. The van der Waals surface area contributed by atoms with Crippen LogP contribution in [-0.4, -0.2) is 28.1 Å². The van der Waals surface area contributed by atoms with Gasteiger partial charge in [-0.25, -0.2) is 5.10 Å². The van der Waals surface area contributed by atoms with Crippen molar-refractivity contribution in [3.05, 3.63) is 75.7 Å². The molecule has 0 spiro atoms. The van der Waals surface area contributed by atoms with Crippen LogP contribution in [0.25, 0.3) is 10.8 Å². The predicted molar refractivity (Wildman–Crippen MR) is 94.0 cm³/mol. The van der Waals surface area contributed by atoms with Crippen LogP contribution in [0.5, 0.6) is 0 Å². The van der Waals surface area contributed by atoms with Crippen LogP contribution >= 0.6 is 0 Å². The lowest BCUT2D eigenvalue weighted by molar-refractivity contribution is -0.137. The molecule has 1 aromatic heterocycles. The van der Waals surface area contributed by atoms with Crippen molar-refractivity contribution in [3.63, 3.8) is 0 Å². The molecule has 140 valence electrons. The second kappa shape index (κ2) is 7.22. The molecule has 0 saturated carbocycles. The van der Waals surface area contributed by atoms with Crippen molar-refractivity contribution < 1.29 is 18.0 Å². The lowest BCUT2D eigenvalue weighted by Crippen LogP contribution is -2.28. The Bertz CT molecular complexity index is 1030. The number of rotatable bonds is 4.